The zero-order chi connectivity index (χ0) is 19.2. The van der Waals surface area contributed by atoms with Crippen LogP contribution in [-0.4, -0.2) is 23.0 Å². The van der Waals surface area contributed by atoms with Gasteiger partial charge in [0.2, 0.25) is 5.91 Å². The number of nitrogens with one attached hydrogen (secondary N) is 3. The molecule has 0 aliphatic heterocycles. The Kier molecular flexibility index (Phi) is 6.93. The lowest BCUT2D eigenvalue weighted by Crippen LogP contribution is -2.39. The standard InChI is InChI=1S/C18H20Cl2N4O2S/c19-11-6-12(20)8-14(7-11)21-16(25)9-15-10-27-18(23-15)24-17(26)22-13-4-2-1-3-5-13/h6-8,10,13H,1-5,9H2,(H,21,25)(H2,22,23,24,26). The number of rotatable bonds is 5. The predicted molar refractivity (Wildman–Crippen MR) is 110 cm³/mol. The number of carbonyl (C=O) groups is 2. The van der Waals surface area contributed by atoms with Crippen LogP contribution in [0.4, 0.5) is 15.6 Å². The number of carbonyl (C=O) groups excluding carboxylic acids is 2. The van der Waals surface area contributed by atoms with E-state index < -0.39 is 0 Å². The van der Waals surface area contributed by atoms with Gasteiger partial charge in [0.05, 0.1) is 12.1 Å². The number of benzene rings is 1. The number of nitrogens with zero attached hydrogens (tertiary/aromatic N) is 1. The van der Waals surface area contributed by atoms with Gasteiger partial charge in [-0.1, -0.05) is 42.5 Å². The second-order valence-corrected chi connectivity index (χ2v) is 8.19. The lowest BCUT2D eigenvalue weighted by atomic mass is 9.96. The fraction of sp³-hybridized carbons (Fsp3) is 0.389. The van der Waals surface area contributed by atoms with Crippen LogP contribution in [0.25, 0.3) is 0 Å². The van der Waals surface area contributed by atoms with Crippen LogP contribution in [0.5, 0.6) is 0 Å². The SMILES string of the molecule is O=C(Cc1csc(NC(=O)NC2CCCCC2)n1)Nc1cc(Cl)cc(Cl)c1. The minimum atomic E-state index is -0.249. The maximum Gasteiger partial charge on any atom is 0.321 e. The quantitative estimate of drug-likeness (QED) is 0.622. The van der Waals surface area contributed by atoms with E-state index in [-0.39, 0.29) is 24.4 Å². The van der Waals surface area contributed by atoms with Gasteiger partial charge in [0.1, 0.15) is 0 Å². The van der Waals surface area contributed by atoms with Gasteiger partial charge in [-0.15, -0.1) is 11.3 Å². The molecule has 144 valence electrons. The van der Waals surface area contributed by atoms with E-state index in [2.05, 4.69) is 20.9 Å². The van der Waals surface area contributed by atoms with E-state index in [9.17, 15) is 9.59 Å². The van der Waals surface area contributed by atoms with Crippen molar-refractivity contribution in [2.75, 3.05) is 10.6 Å². The lowest BCUT2D eigenvalue weighted by molar-refractivity contribution is -0.115. The molecule has 1 aliphatic rings. The Bertz CT molecular complexity index is 801. The minimum Gasteiger partial charge on any atom is -0.335 e. The summed E-state index contributed by atoms with van der Waals surface area (Å²) in [6.45, 7) is 0. The van der Waals surface area contributed by atoms with Crippen molar-refractivity contribution in [3.05, 3.63) is 39.3 Å². The van der Waals surface area contributed by atoms with Crippen molar-refractivity contribution < 1.29 is 9.59 Å². The summed E-state index contributed by atoms with van der Waals surface area (Å²) in [6.07, 6.45) is 5.67. The molecule has 0 radical (unpaired) electrons. The maximum absolute atomic E-state index is 12.2. The summed E-state index contributed by atoms with van der Waals surface area (Å²) in [4.78, 5) is 28.5. The fourth-order valence-corrected chi connectivity index (χ4v) is 4.24. The summed E-state index contributed by atoms with van der Waals surface area (Å²) >= 11 is 13.1. The molecule has 3 N–H and O–H groups in total. The van der Waals surface area contributed by atoms with Crippen molar-refractivity contribution in [2.24, 2.45) is 0 Å². The first-order chi connectivity index (χ1) is 13.0. The average molecular weight is 427 g/mol. The zero-order valence-electron chi connectivity index (χ0n) is 14.6. The smallest absolute Gasteiger partial charge is 0.321 e. The number of amides is 3. The summed E-state index contributed by atoms with van der Waals surface area (Å²) in [5.41, 5.74) is 1.11. The van der Waals surface area contributed by atoms with Crippen molar-refractivity contribution >= 4 is 57.3 Å². The summed E-state index contributed by atoms with van der Waals surface area (Å²) < 4.78 is 0. The van der Waals surface area contributed by atoms with Gasteiger partial charge in [0, 0.05) is 27.2 Å². The van der Waals surface area contributed by atoms with Crippen molar-refractivity contribution in [2.45, 2.75) is 44.6 Å². The second-order valence-electron chi connectivity index (χ2n) is 6.46. The van der Waals surface area contributed by atoms with Crippen LogP contribution in [0.3, 0.4) is 0 Å². The molecule has 3 amide bonds. The topological polar surface area (TPSA) is 83.1 Å². The molecule has 1 aromatic carbocycles. The Hall–Kier alpha value is -1.83. The molecule has 27 heavy (non-hydrogen) atoms. The van der Waals surface area contributed by atoms with Crippen molar-refractivity contribution in [3.63, 3.8) is 0 Å². The number of hydrogen-bond donors (Lipinski definition) is 3. The molecular weight excluding hydrogens is 407 g/mol. The van der Waals surface area contributed by atoms with E-state index >= 15 is 0 Å². The molecule has 6 nitrogen and oxygen atoms in total. The van der Waals surface area contributed by atoms with Gasteiger partial charge in [0.15, 0.2) is 5.13 Å². The van der Waals surface area contributed by atoms with Crippen LogP contribution in [0.1, 0.15) is 37.8 Å². The van der Waals surface area contributed by atoms with Gasteiger partial charge in [-0.3, -0.25) is 10.1 Å². The largest absolute Gasteiger partial charge is 0.335 e. The van der Waals surface area contributed by atoms with Gasteiger partial charge in [-0.2, -0.15) is 0 Å². The maximum atomic E-state index is 12.2. The molecule has 1 aliphatic carbocycles. The number of urea groups is 1. The van der Waals surface area contributed by atoms with Gasteiger partial charge < -0.3 is 10.6 Å². The number of aromatic nitrogens is 1. The van der Waals surface area contributed by atoms with Crippen LogP contribution in [0, 0.1) is 0 Å². The summed E-state index contributed by atoms with van der Waals surface area (Å²) in [5.74, 6) is -0.239. The van der Waals surface area contributed by atoms with Crippen LogP contribution < -0.4 is 16.0 Å². The molecule has 0 spiro atoms. The molecule has 9 heteroatoms. The Morgan fingerprint density at radius 1 is 1.07 bits per heavy atom. The van der Waals surface area contributed by atoms with Crippen LogP contribution in [0.15, 0.2) is 23.6 Å². The van der Waals surface area contributed by atoms with Crippen LogP contribution >= 0.6 is 34.5 Å². The Morgan fingerprint density at radius 3 is 2.48 bits per heavy atom. The lowest BCUT2D eigenvalue weighted by Gasteiger charge is -2.22. The first-order valence-corrected chi connectivity index (χ1v) is 10.4. The van der Waals surface area contributed by atoms with Gasteiger partial charge in [0.25, 0.3) is 0 Å². The van der Waals surface area contributed by atoms with Gasteiger partial charge in [-0.05, 0) is 31.0 Å². The molecule has 1 saturated carbocycles. The van der Waals surface area contributed by atoms with E-state index in [1.165, 1.54) is 17.8 Å². The zero-order valence-corrected chi connectivity index (χ0v) is 16.9. The molecule has 0 unspecified atom stereocenters. The second kappa shape index (κ2) is 9.39. The molecule has 2 aromatic rings. The highest BCUT2D eigenvalue weighted by atomic mass is 35.5. The molecule has 0 bridgehead atoms. The van der Waals surface area contributed by atoms with Crippen molar-refractivity contribution in [3.8, 4) is 0 Å². The van der Waals surface area contributed by atoms with E-state index in [4.69, 9.17) is 23.2 Å². The van der Waals surface area contributed by atoms with Gasteiger partial charge >= 0.3 is 6.03 Å². The molecule has 3 rings (SSSR count). The fourth-order valence-electron chi connectivity index (χ4n) is 3.01. The van der Waals surface area contributed by atoms with Crippen LogP contribution in [-0.2, 0) is 11.2 Å². The Morgan fingerprint density at radius 2 is 1.78 bits per heavy atom. The van der Waals surface area contributed by atoms with E-state index in [1.54, 1.807) is 23.6 Å². The molecule has 1 heterocycles. The monoisotopic (exact) mass is 426 g/mol. The van der Waals surface area contributed by atoms with E-state index in [0.29, 0.717) is 26.6 Å². The van der Waals surface area contributed by atoms with E-state index in [1.807, 2.05) is 0 Å². The summed E-state index contributed by atoms with van der Waals surface area (Å²) in [5, 5.41) is 11.6. The summed E-state index contributed by atoms with van der Waals surface area (Å²) in [7, 11) is 0. The first-order valence-electron chi connectivity index (χ1n) is 8.76. The molecule has 0 atom stereocenters. The molecule has 1 aromatic heterocycles. The molecule has 1 fully saturated rings. The van der Waals surface area contributed by atoms with Crippen molar-refractivity contribution in [1.82, 2.24) is 10.3 Å². The predicted octanol–water partition coefficient (Wildman–Crippen LogP) is 5.09. The Balaban J connectivity index is 1.49. The number of hydrogen-bond acceptors (Lipinski definition) is 4. The molecular formula is C18H20Cl2N4O2S. The third-order valence-electron chi connectivity index (χ3n) is 4.20. The summed E-state index contributed by atoms with van der Waals surface area (Å²) in [6, 6.07) is 4.81. The van der Waals surface area contributed by atoms with E-state index in [0.717, 1.165) is 25.7 Å². The van der Waals surface area contributed by atoms with Gasteiger partial charge in [-0.25, -0.2) is 9.78 Å². The highest BCUT2D eigenvalue weighted by Crippen LogP contribution is 2.23. The third-order valence-corrected chi connectivity index (χ3v) is 5.44. The van der Waals surface area contributed by atoms with Crippen molar-refractivity contribution in [1.29, 1.82) is 0 Å². The first kappa shape index (κ1) is 19.9. The highest BCUT2D eigenvalue weighted by Gasteiger charge is 2.16. The number of thiazole rings is 1. The number of halogens is 2. The normalized spacial score (nSPS) is 14.6. The highest BCUT2D eigenvalue weighted by molar-refractivity contribution is 7.13. The molecule has 0 saturated heterocycles. The minimum absolute atomic E-state index is 0.0898. The Labute approximate surface area is 171 Å². The number of anilines is 2. The van der Waals surface area contributed by atoms with Crippen LogP contribution in [0.2, 0.25) is 10.0 Å². The third kappa shape index (κ3) is 6.37. The average Bonchev–Trinajstić information content (AvgIpc) is 3.01.